The second kappa shape index (κ2) is 9.68. The van der Waals surface area contributed by atoms with Crippen molar-refractivity contribution in [2.75, 3.05) is 39.6 Å². The summed E-state index contributed by atoms with van der Waals surface area (Å²) in [7, 11) is 1.64. The summed E-state index contributed by atoms with van der Waals surface area (Å²) >= 11 is 0. The third-order valence-corrected chi connectivity index (χ3v) is 4.71. The molecule has 0 bridgehead atoms. The molecule has 2 heterocycles. The number of carbonyl (C=O) groups excluding carboxylic acids is 2. The molecule has 2 aromatic rings. The molecule has 10 nitrogen and oxygen atoms in total. The van der Waals surface area contributed by atoms with Crippen LogP contribution >= 0.6 is 0 Å². The summed E-state index contributed by atoms with van der Waals surface area (Å²) in [6.45, 7) is 2.70. The standard InChI is InChI=1S/C19H26N4O6/c1-22-16-12-13(29-11-10-28-9-8-27-7-6-20)2-3-14(16)23(19(22)26)15-4-5-17(24)21-18(15)25/h2-3,12,15H,4-11,20H2,1H3,(H,21,24,25). The molecule has 1 aliphatic heterocycles. The Balaban J connectivity index is 1.65. The lowest BCUT2D eigenvalue weighted by Gasteiger charge is -2.21. The van der Waals surface area contributed by atoms with Crippen LogP contribution in [0.4, 0.5) is 0 Å². The van der Waals surface area contributed by atoms with Gasteiger partial charge in [-0.15, -0.1) is 0 Å². The third kappa shape index (κ3) is 4.84. The number of rotatable bonds is 10. The van der Waals surface area contributed by atoms with Gasteiger partial charge >= 0.3 is 5.69 Å². The lowest BCUT2D eigenvalue weighted by molar-refractivity contribution is -0.135. The molecule has 1 aliphatic rings. The molecule has 2 amide bonds. The molecule has 0 aliphatic carbocycles. The Morgan fingerprint density at radius 3 is 2.52 bits per heavy atom. The first-order chi connectivity index (χ1) is 14.0. The van der Waals surface area contributed by atoms with Gasteiger partial charge in [-0.05, 0) is 18.6 Å². The fourth-order valence-corrected chi connectivity index (χ4v) is 3.29. The molecule has 10 heteroatoms. The molecule has 0 saturated carbocycles. The van der Waals surface area contributed by atoms with Crippen molar-refractivity contribution in [3.63, 3.8) is 0 Å². The molecular formula is C19H26N4O6. The molecule has 1 atom stereocenters. The van der Waals surface area contributed by atoms with Crippen LogP contribution in [0.5, 0.6) is 5.75 Å². The SMILES string of the molecule is Cn1c(=O)n(C2CCC(=O)NC2=O)c2ccc(OCCOCCOCCN)cc21. The Bertz CT molecular complexity index is 935. The number of imidazole rings is 1. The van der Waals surface area contributed by atoms with Crippen LogP contribution in [0, 0.1) is 0 Å². The lowest BCUT2D eigenvalue weighted by atomic mass is 10.1. The highest BCUT2D eigenvalue weighted by Crippen LogP contribution is 2.25. The molecule has 158 valence electrons. The maximum atomic E-state index is 12.7. The van der Waals surface area contributed by atoms with E-state index in [2.05, 4.69) is 5.32 Å². The summed E-state index contributed by atoms with van der Waals surface area (Å²) in [5, 5.41) is 2.30. The Morgan fingerprint density at radius 2 is 1.79 bits per heavy atom. The lowest BCUT2D eigenvalue weighted by Crippen LogP contribution is -2.44. The molecule has 3 N–H and O–H groups in total. The molecule has 1 saturated heterocycles. The minimum atomic E-state index is -0.703. The zero-order valence-electron chi connectivity index (χ0n) is 16.4. The number of carbonyl (C=O) groups is 2. The van der Waals surface area contributed by atoms with Gasteiger partial charge in [-0.25, -0.2) is 4.79 Å². The van der Waals surface area contributed by atoms with E-state index in [9.17, 15) is 14.4 Å². The average molecular weight is 406 g/mol. The van der Waals surface area contributed by atoms with Gasteiger partial charge in [-0.1, -0.05) is 0 Å². The van der Waals surface area contributed by atoms with E-state index in [0.717, 1.165) is 0 Å². The monoisotopic (exact) mass is 406 g/mol. The quantitative estimate of drug-likeness (QED) is 0.409. The molecule has 1 aromatic carbocycles. The summed E-state index contributed by atoms with van der Waals surface area (Å²) in [4.78, 5) is 36.3. The Morgan fingerprint density at radius 1 is 1.07 bits per heavy atom. The van der Waals surface area contributed by atoms with Crippen molar-refractivity contribution >= 4 is 22.8 Å². The number of aryl methyl sites for hydroxylation is 1. The normalized spacial score (nSPS) is 17.0. The number of ether oxygens (including phenoxy) is 3. The third-order valence-electron chi connectivity index (χ3n) is 4.71. The molecule has 1 fully saturated rings. The molecule has 29 heavy (non-hydrogen) atoms. The van der Waals surface area contributed by atoms with Crippen molar-refractivity contribution in [3.05, 3.63) is 28.7 Å². The number of nitrogens with zero attached hydrogens (tertiary/aromatic N) is 2. The summed E-state index contributed by atoms with van der Waals surface area (Å²) in [6, 6.07) is 4.54. The number of piperidine rings is 1. The van der Waals surface area contributed by atoms with Gasteiger partial charge in [0.1, 0.15) is 18.4 Å². The van der Waals surface area contributed by atoms with Gasteiger partial charge in [0.15, 0.2) is 0 Å². The number of fused-ring (bicyclic) bond motifs is 1. The number of nitrogens with two attached hydrogens (primary N) is 1. The first-order valence-electron chi connectivity index (χ1n) is 9.56. The van der Waals surface area contributed by atoms with Crippen LogP contribution in [0.25, 0.3) is 11.0 Å². The average Bonchev–Trinajstić information content (AvgIpc) is 2.95. The molecule has 1 unspecified atom stereocenters. The van der Waals surface area contributed by atoms with Crippen LogP contribution in [0.15, 0.2) is 23.0 Å². The van der Waals surface area contributed by atoms with E-state index >= 15 is 0 Å². The van der Waals surface area contributed by atoms with E-state index in [1.807, 2.05) is 0 Å². The first kappa shape index (κ1) is 21.0. The summed E-state index contributed by atoms with van der Waals surface area (Å²) in [5.41, 5.74) is 6.28. The van der Waals surface area contributed by atoms with Crippen LogP contribution < -0.4 is 21.5 Å². The number of hydrogen-bond donors (Lipinski definition) is 2. The predicted octanol–water partition coefficient (Wildman–Crippen LogP) is -0.312. The van der Waals surface area contributed by atoms with Crippen molar-refractivity contribution in [2.45, 2.75) is 18.9 Å². The number of amides is 2. The zero-order chi connectivity index (χ0) is 20.8. The summed E-state index contributed by atoms with van der Waals surface area (Å²) in [5.74, 6) is -0.177. The number of benzene rings is 1. The number of hydrogen-bond acceptors (Lipinski definition) is 7. The van der Waals surface area contributed by atoms with Gasteiger partial charge in [-0.3, -0.25) is 24.0 Å². The second-order valence-electron chi connectivity index (χ2n) is 6.69. The van der Waals surface area contributed by atoms with Crippen molar-refractivity contribution < 1.29 is 23.8 Å². The van der Waals surface area contributed by atoms with Crippen LogP contribution in [0.2, 0.25) is 0 Å². The minimum Gasteiger partial charge on any atom is -0.491 e. The summed E-state index contributed by atoms with van der Waals surface area (Å²) in [6.07, 6.45) is 0.506. The van der Waals surface area contributed by atoms with Gasteiger partial charge < -0.3 is 19.9 Å². The van der Waals surface area contributed by atoms with Crippen LogP contribution in [0.3, 0.4) is 0 Å². The van der Waals surface area contributed by atoms with E-state index in [-0.39, 0.29) is 18.0 Å². The van der Waals surface area contributed by atoms with Gasteiger partial charge in [0.05, 0.1) is 37.5 Å². The van der Waals surface area contributed by atoms with E-state index in [0.29, 0.717) is 62.8 Å². The Labute approximate surface area is 167 Å². The van der Waals surface area contributed by atoms with Crippen molar-refractivity contribution in [1.82, 2.24) is 14.5 Å². The zero-order valence-corrected chi connectivity index (χ0v) is 16.4. The topological polar surface area (TPSA) is 127 Å². The fraction of sp³-hybridized carbons (Fsp3) is 0.526. The van der Waals surface area contributed by atoms with Crippen molar-refractivity contribution in [3.8, 4) is 5.75 Å². The minimum absolute atomic E-state index is 0.206. The largest absolute Gasteiger partial charge is 0.491 e. The Hall–Kier alpha value is -2.69. The maximum absolute atomic E-state index is 12.7. The van der Waals surface area contributed by atoms with Crippen molar-refractivity contribution in [2.24, 2.45) is 12.8 Å². The fourth-order valence-electron chi connectivity index (χ4n) is 3.29. The predicted molar refractivity (Wildman–Crippen MR) is 105 cm³/mol. The van der Waals surface area contributed by atoms with Gasteiger partial charge in [0.2, 0.25) is 11.8 Å². The van der Waals surface area contributed by atoms with E-state index < -0.39 is 11.9 Å². The summed E-state index contributed by atoms with van der Waals surface area (Å²) < 4.78 is 19.2. The number of nitrogens with one attached hydrogen (secondary N) is 1. The molecule has 0 radical (unpaired) electrons. The highest BCUT2D eigenvalue weighted by atomic mass is 16.5. The van der Waals surface area contributed by atoms with Crippen LogP contribution in [-0.2, 0) is 26.1 Å². The van der Waals surface area contributed by atoms with Crippen molar-refractivity contribution in [1.29, 1.82) is 0 Å². The van der Waals surface area contributed by atoms with Crippen LogP contribution in [0.1, 0.15) is 18.9 Å². The van der Waals surface area contributed by atoms with E-state index in [1.54, 1.807) is 25.2 Å². The molecular weight excluding hydrogens is 380 g/mol. The number of imide groups is 1. The highest BCUT2D eigenvalue weighted by Gasteiger charge is 2.31. The smallest absolute Gasteiger partial charge is 0.329 e. The Kier molecular flexibility index (Phi) is 7.02. The van der Waals surface area contributed by atoms with Gasteiger partial charge in [0, 0.05) is 26.1 Å². The highest BCUT2D eigenvalue weighted by molar-refractivity contribution is 6.00. The first-order valence-corrected chi connectivity index (χ1v) is 9.56. The number of aromatic nitrogens is 2. The molecule has 1 aromatic heterocycles. The van der Waals surface area contributed by atoms with Gasteiger partial charge in [-0.2, -0.15) is 0 Å². The van der Waals surface area contributed by atoms with E-state index in [1.165, 1.54) is 9.13 Å². The van der Waals surface area contributed by atoms with Gasteiger partial charge in [0.25, 0.3) is 0 Å². The second-order valence-corrected chi connectivity index (χ2v) is 6.69. The molecule has 3 rings (SSSR count). The van der Waals surface area contributed by atoms with E-state index in [4.69, 9.17) is 19.9 Å². The molecule has 0 spiro atoms. The van der Waals surface area contributed by atoms with Crippen LogP contribution in [-0.4, -0.2) is 60.5 Å². The maximum Gasteiger partial charge on any atom is 0.329 e.